The van der Waals surface area contributed by atoms with Gasteiger partial charge < -0.3 is 9.47 Å². The van der Waals surface area contributed by atoms with Gasteiger partial charge >= 0.3 is 0 Å². The fourth-order valence-corrected chi connectivity index (χ4v) is 3.48. The molecule has 1 aliphatic rings. The van der Waals surface area contributed by atoms with Gasteiger partial charge in [-0.1, -0.05) is 18.2 Å². The average molecular weight is 442 g/mol. The third kappa shape index (κ3) is 5.12. The number of amides is 1. The molecule has 0 aliphatic carbocycles. The van der Waals surface area contributed by atoms with Gasteiger partial charge in [0.15, 0.2) is 11.6 Å². The number of morpholine rings is 1. The highest BCUT2D eigenvalue weighted by atomic mass is 19.1. The van der Waals surface area contributed by atoms with Gasteiger partial charge in [-0.25, -0.2) is 18.5 Å². The quantitative estimate of drug-likeness (QED) is 0.606. The van der Waals surface area contributed by atoms with Crippen LogP contribution in [0.5, 0.6) is 11.6 Å². The number of nitrogens with zero attached hydrogens (tertiary/aromatic N) is 3. The summed E-state index contributed by atoms with van der Waals surface area (Å²) in [5.74, 6) is -1.49. The van der Waals surface area contributed by atoms with E-state index in [9.17, 15) is 13.6 Å². The molecule has 1 aromatic heterocycles. The minimum atomic E-state index is -0.820. The Morgan fingerprint density at radius 3 is 2.62 bits per heavy atom. The van der Waals surface area contributed by atoms with Crippen LogP contribution in [-0.2, 0) is 16.0 Å². The molecule has 1 fully saturated rings. The molecule has 2 heterocycles. The molecule has 1 saturated heterocycles. The minimum Gasteiger partial charge on any atom is -0.436 e. The zero-order valence-electron chi connectivity index (χ0n) is 17.7. The molecule has 4 rings (SSSR count). The summed E-state index contributed by atoms with van der Waals surface area (Å²) in [6, 6.07) is 12.4. The van der Waals surface area contributed by atoms with E-state index in [0.717, 1.165) is 17.8 Å². The highest BCUT2D eigenvalue weighted by Gasteiger charge is 2.22. The fraction of sp³-hybridized carbons (Fsp3) is 0.304. The van der Waals surface area contributed by atoms with Crippen molar-refractivity contribution < 1.29 is 23.0 Å². The van der Waals surface area contributed by atoms with Gasteiger partial charge in [-0.2, -0.15) is 5.10 Å². The molecule has 0 radical (unpaired) electrons. The zero-order valence-corrected chi connectivity index (χ0v) is 17.7. The van der Waals surface area contributed by atoms with Crippen LogP contribution in [0.25, 0.3) is 5.69 Å². The number of rotatable bonds is 7. The molecule has 1 N–H and O–H groups in total. The molecule has 0 bridgehead atoms. The normalized spacial score (nSPS) is 14.3. The van der Waals surface area contributed by atoms with E-state index in [-0.39, 0.29) is 18.1 Å². The van der Waals surface area contributed by atoms with E-state index in [1.165, 1.54) is 6.07 Å². The van der Waals surface area contributed by atoms with Gasteiger partial charge in [0.1, 0.15) is 5.82 Å². The largest absolute Gasteiger partial charge is 0.436 e. The Bertz CT molecular complexity index is 1080. The van der Waals surface area contributed by atoms with Crippen molar-refractivity contribution in [3.8, 4) is 17.3 Å². The predicted molar refractivity (Wildman–Crippen MR) is 114 cm³/mol. The zero-order chi connectivity index (χ0) is 22.5. The first-order chi connectivity index (χ1) is 15.5. The molecule has 3 aromatic rings. The number of para-hydroxylation sites is 1. The van der Waals surface area contributed by atoms with E-state index in [2.05, 4.69) is 10.5 Å². The Morgan fingerprint density at radius 2 is 1.91 bits per heavy atom. The summed E-state index contributed by atoms with van der Waals surface area (Å²) in [7, 11) is 0. The second-order valence-electron chi connectivity index (χ2n) is 7.43. The van der Waals surface area contributed by atoms with Gasteiger partial charge in [0.25, 0.3) is 0 Å². The van der Waals surface area contributed by atoms with Crippen LogP contribution >= 0.6 is 0 Å². The number of hydrogen-bond donors (Lipinski definition) is 1. The number of hydrogen-bond acceptors (Lipinski definition) is 5. The number of aromatic nitrogens is 2. The topological polar surface area (TPSA) is 68.6 Å². The molecule has 2 aromatic carbocycles. The molecule has 0 atom stereocenters. The fourth-order valence-electron chi connectivity index (χ4n) is 3.48. The molecule has 32 heavy (non-hydrogen) atoms. The average Bonchev–Trinajstić information content (AvgIpc) is 3.10. The first kappa shape index (κ1) is 21.9. The first-order valence-corrected chi connectivity index (χ1v) is 10.4. The van der Waals surface area contributed by atoms with Crippen LogP contribution in [0.4, 0.5) is 8.78 Å². The Kier molecular flexibility index (Phi) is 6.77. The van der Waals surface area contributed by atoms with E-state index in [1.807, 2.05) is 42.3 Å². The SMILES string of the molecule is Cc1nn(-c2ccccc2)c(Oc2ccc(F)cc2F)c1CCC(=O)NN1CCOCC1. The third-order valence-electron chi connectivity index (χ3n) is 5.13. The standard InChI is InChI=1S/C23H24F2N4O3/c1-16-19(8-10-22(30)27-28-11-13-31-14-12-28)23(29(26-16)18-5-3-2-4-6-18)32-21-9-7-17(24)15-20(21)25/h2-7,9,15H,8,10-14H2,1H3,(H,27,30). The second-order valence-corrected chi connectivity index (χ2v) is 7.43. The molecule has 9 heteroatoms. The van der Waals surface area contributed by atoms with Crippen molar-refractivity contribution in [1.29, 1.82) is 0 Å². The third-order valence-corrected chi connectivity index (χ3v) is 5.13. The first-order valence-electron chi connectivity index (χ1n) is 10.4. The van der Waals surface area contributed by atoms with Crippen molar-refractivity contribution in [2.24, 2.45) is 0 Å². The maximum atomic E-state index is 14.3. The molecule has 0 saturated carbocycles. The van der Waals surface area contributed by atoms with Gasteiger partial charge in [-0.15, -0.1) is 0 Å². The summed E-state index contributed by atoms with van der Waals surface area (Å²) < 4.78 is 40.4. The Morgan fingerprint density at radius 1 is 1.16 bits per heavy atom. The Hall–Kier alpha value is -3.30. The molecular formula is C23H24F2N4O3. The molecule has 7 nitrogen and oxygen atoms in total. The Labute approximate surface area is 184 Å². The summed E-state index contributed by atoms with van der Waals surface area (Å²) in [4.78, 5) is 12.5. The molecule has 1 aliphatic heterocycles. The van der Waals surface area contributed by atoms with Crippen LogP contribution < -0.4 is 10.2 Å². The van der Waals surface area contributed by atoms with Crippen molar-refractivity contribution in [3.05, 3.63) is 71.4 Å². The van der Waals surface area contributed by atoms with Crippen molar-refractivity contribution in [2.75, 3.05) is 26.3 Å². The number of hydrazine groups is 1. The summed E-state index contributed by atoms with van der Waals surface area (Å²) in [6.45, 7) is 4.22. The second kappa shape index (κ2) is 9.88. The summed E-state index contributed by atoms with van der Waals surface area (Å²) in [5, 5.41) is 6.39. The van der Waals surface area contributed by atoms with Gasteiger partial charge in [0.2, 0.25) is 11.8 Å². The lowest BCUT2D eigenvalue weighted by molar-refractivity contribution is -0.127. The van der Waals surface area contributed by atoms with Crippen molar-refractivity contribution in [3.63, 3.8) is 0 Å². The summed E-state index contributed by atoms with van der Waals surface area (Å²) >= 11 is 0. The van der Waals surface area contributed by atoms with Crippen LogP contribution in [0, 0.1) is 18.6 Å². The number of carbonyl (C=O) groups is 1. The number of carbonyl (C=O) groups excluding carboxylic acids is 1. The molecule has 168 valence electrons. The van der Waals surface area contributed by atoms with Crippen LogP contribution in [0.3, 0.4) is 0 Å². The smallest absolute Gasteiger partial charge is 0.234 e. The maximum Gasteiger partial charge on any atom is 0.234 e. The van der Waals surface area contributed by atoms with E-state index in [0.29, 0.717) is 49.9 Å². The predicted octanol–water partition coefficient (Wildman–Crippen LogP) is 3.55. The highest BCUT2D eigenvalue weighted by molar-refractivity contribution is 5.75. The molecule has 1 amide bonds. The van der Waals surface area contributed by atoms with Gasteiger partial charge in [-0.05, 0) is 37.6 Å². The monoisotopic (exact) mass is 442 g/mol. The van der Waals surface area contributed by atoms with Crippen LogP contribution in [0.2, 0.25) is 0 Å². The van der Waals surface area contributed by atoms with E-state index in [4.69, 9.17) is 9.47 Å². The van der Waals surface area contributed by atoms with Crippen molar-refractivity contribution in [2.45, 2.75) is 19.8 Å². The number of benzene rings is 2. The summed E-state index contributed by atoms with van der Waals surface area (Å²) in [6.07, 6.45) is 0.536. The summed E-state index contributed by atoms with van der Waals surface area (Å²) in [5.41, 5.74) is 4.93. The minimum absolute atomic E-state index is 0.123. The lowest BCUT2D eigenvalue weighted by Gasteiger charge is -2.26. The van der Waals surface area contributed by atoms with Gasteiger partial charge in [0, 0.05) is 31.1 Å². The van der Waals surface area contributed by atoms with Crippen molar-refractivity contribution in [1.82, 2.24) is 20.2 Å². The number of nitrogens with one attached hydrogen (secondary N) is 1. The van der Waals surface area contributed by atoms with Gasteiger partial charge in [0.05, 0.1) is 24.6 Å². The molecular weight excluding hydrogens is 418 g/mol. The van der Waals surface area contributed by atoms with E-state index < -0.39 is 11.6 Å². The van der Waals surface area contributed by atoms with Gasteiger partial charge in [-0.3, -0.25) is 10.2 Å². The number of halogens is 2. The van der Waals surface area contributed by atoms with Crippen LogP contribution in [-0.4, -0.2) is 47.0 Å². The van der Waals surface area contributed by atoms with E-state index >= 15 is 0 Å². The molecule has 0 spiro atoms. The number of aryl methyl sites for hydroxylation is 1. The van der Waals surface area contributed by atoms with Crippen molar-refractivity contribution >= 4 is 5.91 Å². The van der Waals surface area contributed by atoms with Crippen LogP contribution in [0.1, 0.15) is 17.7 Å². The Balaban J connectivity index is 1.59. The van der Waals surface area contributed by atoms with E-state index in [1.54, 1.807) is 4.68 Å². The lowest BCUT2D eigenvalue weighted by atomic mass is 10.1. The number of ether oxygens (including phenoxy) is 2. The van der Waals surface area contributed by atoms with Crippen LogP contribution in [0.15, 0.2) is 48.5 Å². The maximum absolute atomic E-state index is 14.3. The molecule has 0 unspecified atom stereocenters. The lowest BCUT2D eigenvalue weighted by Crippen LogP contribution is -2.48. The highest BCUT2D eigenvalue weighted by Crippen LogP contribution is 2.32.